The van der Waals surface area contributed by atoms with Crippen molar-refractivity contribution in [3.05, 3.63) is 28.4 Å². The van der Waals surface area contributed by atoms with Crippen LogP contribution in [0.2, 0.25) is 0 Å². The van der Waals surface area contributed by atoms with E-state index >= 15 is 0 Å². The number of hydrogen-bond donors (Lipinski definition) is 1. The zero-order valence-corrected chi connectivity index (χ0v) is 7.92. The fraction of sp³-hybridized carbons (Fsp3) is 0.333. The minimum Gasteiger partial charge on any atom is -0.406 e. The number of aromatic amines is 1. The van der Waals surface area contributed by atoms with Crippen molar-refractivity contribution in [3.8, 4) is 0 Å². The third kappa shape index (κ3) is 1.77. The molecule has 2 aromatic rings. The van der Waals surface area contributed by atoms with Gasteiger partial charge in [-0.1, -0.05) is 13.8 Å². The molecule has 0 aliphatic rings. The molecule has 0 atom stereocenters. The zero-order chi connectivity index (χ0) is 9.84. The van der Waals surface area contributed by atoms with Crippen LogP contribution in [0.3, 0.4) is 0 Å². The standard InChI is InChI=1S/C7H6N2O2.C2H6/c1-4-2-3-8-6-5(4)11-7(10)9-6;1-2/h2-3H,1H3,(H,8,9,10);1-2H3. The molecule has 0 amide bonds. The summed E-state index contributed by atoms with van der Waals surface area (Å²) in [5.41, 5.74) is 1.96. The maximum absolute atomic E-state index is 10.7. The average Bonchev–Trinajstić information content (AvgIpc) is 2.51. The predicted octanol–water partition coefficient (Wildman–Crippen LogP) is 1.85. The van der Waals surface area contributed by atoms with Gasteiger partial charge >= 0.3 is 5.76 Å². The van der Waals surface area contributed by atoms with Gasteiger partial charge in [0.15, 0.2) is 11.2 Å². The van der Waals surface area contributed by atoms with Crippen molar-refractivity contribution in [2.75, 3.05) is 0 Å². The number of rotatable bonds is 0. The molecule has 0 saturated carbocycles. The van der Waals surface area contributed by atoms with Gasteiger partial charge in [0.2, 0.25) is 0 Å². The van der Waals surface area contributed by atoms with Crippen LogP contribution in [0.5, 0.6) is 0 Å². The Labute approximate surface area is 75.6 Å². The van der Waals surface area contributed by atoms with Gasteiger partial charge in [0, 0.05) is 6.20 Å². The Balaban J connectivity index is 0.000000396. The molecule has 0 spiro atoms. The quantitative estimate of drug-likeness (QED) is 0.673. The lowest BCUT2D eigenvalue weighted by Crippen LogP contribution is -1.93. The molecule has 0 aliphatic carbocycles. The summed E-state index contributed by atoms with van der Waals surface area (Å²) in [4.78, 5) is 17.1. The second kappa shape index (κ2) is 3.89. The Morgan fingerprint density at radius 2 is 2.15 bits per heavy atom. The van der Waals surface area contributed by atoms with E-state index in [1.807, 2.05) is 20.8 Å². The number of hydrogen-bond acceptors (Lipinski definition) is 3. The Hall–Kier alpha value is -1.58. The van der Waals surface area contributed by atoms with Crippen LogP contribution >= 0.6 is 0 Å². The van der Waals surface area contributed by atoms with Gasteiger partial charge in [-0.25, -0.2) is 9.78 Å². The molecule has 0 aliphatic heterocycles. The van der Waals surface area contributed by atoms with Crippen molar-refractivity contribution in [2.24, 2.45) is 0 Å². The Bertz CT molecular complexity index is 442. The van der Waals surface area contributed by atoms with Crippen LogP contribution in [-0.2, 0) is 0 Å². The van der Waals surface area contributed by atoms with Crippen LogP contribution in [0.15, 0.2) is 21.5 Å². The third-order valence-electron chi connectivity index (χ3n) is 1.52. The van der Waals surface area contributed by atoms with Gasteiger partial charge in [0.05, 0.1) is 0 Å². The van der Waals surface area contributed by atoms with E-state index < -0.39 is 5.76 Å². The molecular weight excluding hydrogens is 168 g/mol. The minimum atomic E-state index is -0.457. The van der Waals surface area contributed by atoms with Crippen LogP contribution < -0.4 is 5.76 Å². The molecule has 4 heteroatoms. The molecule has 0 unspecified atom stereocenters. The van der Waals surface area contributed by atoms with E-state index in [1.165, 1.54) is 0 Å². The summed E-state index contributed by atoms with van der Waals surface area (Å²) in [6.45, 7) is 5.86. The summed E-state index contributed by atoms with van der Waals surface area (Å²) in [5, 5.41) is 0. The SMILES string of the molecule is CC.Cc1ccnc2[nH]c(=O)oc12. The monoisotopic (exact) mass is 180 g/mol. The van der Waals surface area contributed by atoms with E-state index in [1.54, 1.807) is 12.3 Å². The molecule has 70 valence electrons. The summed E-state index contributed by atoms with van der Waals surface area (Å²) in [6, 6.07) is 1.79. The van der Waals surface area contributed by atoms with Crippen LogP contribution in [0.1, 0.15) is 19.4 Å². The lowest BCUT2D eigenvalue weighted by molar-refractivity contribution is 0.553. The fourth-order valence-electron chi connectivity index (χ4n) is 0.977. The molecule has 0 saturated heterocycles. The number of aryl methyl sites for hydroxylation is 1. The minimum absolute atomic E-state index is 0.457. The van der Waals surface area contributed by atoms with Gasteiger partial charge in [0.1, 0.15) is 0 Å². The lowest BCUT2D eigenvalue weighted by atomic mass is 10.3. The maximum atomic E-state index is 10.7. The van der Waals surface area contributed by atoms with Crippen LogP contribution in [0.25, 0.3) is 11.2 Å². The molecule has 1 N–H and O–H groups in total. The van der Waals surface area contributed by atoms with Gasteiger partial charge < -0.3 is 4.42 Å². The normalized spacial score (nSPS) is 9.46. The lowest BCUT2D eigenvalue weighted by Gasteiger charge is -1.88. The van der Waals surface area contributed by atoms with E-state index in [0.717, 1.165) is 5.56 Å². The molecular formula is C9H12N2O2. The summed E-state index contributed by atoms with van der Waals surface area (Å²) in [7, 11) is 0. The number of fused-ring (bicyclic) bond motifs is 1. The molecule has 2 aromatic heterocycles. The summed E-state index contributed by atoms with van der Waals surface area (Å²) >= 11 is 0. The molecule has 0 aromatic carbocycles. The van der Waals surface area contributed by atoms with Crippen molar-refractivity contribution in [3.63, 3.8) is 0 Å². The predicted molar refractivity (Wildman–Crippen MR) is 50.7 cm³/mol. The second-order valence-corrected chi connectivity index (χ2v) is 2.32. The van der Waals surface area contributed by atoms with Crippen LogP contribution in [0.4, 0.5) is 0 Å². The van der Waals surface area contributed by atoms with Gasteiger partial charge in [-0.15, -0.1) is 0 Å². The Kier molecular flexibility index (Phi) is 2.84. The molecule has 2 heterocycles. The third-order valence-corrected chi connectivity index (χ3v) is 1.52. The van der Waals surface area contributed by atoms with Gasteiger partial charge in [0.25, 0.3) is 0 Å². The Morgan fingerprint density at radius 3 is 2.77 bits per heavy atom. The van der Waals surface area contributed by atoms with E-state index in [9.17, 15) is 4.79 Å². The maximum Gasteiger partial charge on any atom is 0.418 e. The first kappa shape index (κ1) is 9.51. The van der Waals surface area contributed by atoms with Gasteiger partial charge in [-0.05, 0) is 18.6 Å². The van der Waals surface area contributed by atoms with Crippen molar-refractivity contribution >= 4 is 11.2 Å². The fourth-order valence-corrected chi connectivity index (χ4v) is 0.977. The number of nitrogens with zero attached hydrogens (tertiary/aromatic N) is 1. The van der Waals surface area contributed by atoms with Gasteiger partial charge in [-0.3, -0.25) is 4.98 Å². The highest BCUT2D eigenvalue weighted by molar-refractivity contribution is 5.70. The first-order valence-corrected chi connectivity index (χ1v) is 4.22. The van der Waals surface area contributed by atoms with Crippen molar-refractivity contribution < 1.29 is 4.42 Å². The Morgan fingerprint density at radius 1 is 1.46 bits per heavy atom. The van der Waals surface area contributed by atoms with E-state index in [4.69, 9.17) is 4.42 Å². The summed E-state index contributed by atoms with van der Waals surface area (Å²) in [6.07, 6.45) is 1.63. The van der Waals surface area contributed by atoms with Crippen molar-refractivity contribution in [1.29, 1.82) is 0 Å². The van der Waals surface area contributed by atoms with Crippen molar-refractivity contribution in [2.45, 2.75) is 20.8 Å². The molecule has 13 heavy (non-hydrogen) atoms. The number of oxazole rings is 1. The van der Waals surface area contributed by atoms with Crippen LogP contribution in [-0.4, -0.2) is 9.97 Å². The molecule has 4 nitrogen and oxygen atoms in total. The van der Waals surface area contributed by atoms with Crippen LogP contribution in [0, 0.1) is 6.92 Å². The summed E-state index contributed by atoms with van der Waals surface area (Å²) < 4.78 is 4.83. The smallest absolute Gasteiger partial charge is 0.406 e. The highest BCUT2D eigenvalue weighted by Crippen LogP contribution is 2.10. The second-order valence-electron chi connectivity index (χ2n) is 2.32. The average molecular weight is 180 g/mol. The van der Waals surface area contributed by atoms with E-state index in [-0.39, 0.29) is 0 Å². The van der Waals surface area contributed by atoms with E-state index in [2.05, 4.69) is 9.97 Å². The number of H-pyrrole nitrogens is 1. The topological polar surface area (TPSA) is 58.9 Å². The van der Waals surface area contributed by atoms with Gasteiger partial charge in [-0.2, -0.15) is 0 Å². The van der Waals surface area contributed by atoms with E-state index in [0.29, 0.717) is 11.2 Å². The molecule has 0 fully saturated rings. The zero-order valence-electron chi connectivity index (χ0n) is 7.92. The first-order valence-electron chi connectivity index (χ1n) is 4.22. The molecule has 0 radical (unpaired) electrons. The summed E-state index contributed by atoms with van der Waals surface area (Å²) in [5.74, 6) is -0.457. The van der Waals surface area contributed by atoms with Crippen molar-refractivity contribution in [1.82, 2.24) is 9.97 Å². The number of pyridine rings is 1. The highest BCUT2D eigenvalue weighted by Gasteiger charge is 2.02. The number of nitrogens with one attached hydrogen (secondary N) is 1. The highest BCUT2D eigenvalue weighted by atomic mass is 16.4. The molecule has 0 bridgehead atoms. The first-order chi connectivity index (χ1) is 6.27. The number of aromatic nitrogens is 2. The largest absolute Gasteiger partial charge is 0.418 e. The molecule has 2 rings (SSSR count).